The summed E-state index contributed by atoms with van der Waals surface area (Å²) in [5, 5.41) is 0.228. The largest absolute Gasteiger partial charge is 0.493 e. The van der Waals surface area contributed by atoms with Gasteiger partial charge in [-0.15, -0.1) is 0 Å². The van der Waals surface area contributed by atoms with Gasteiger partial charge in [-0.1, -0.05) is 11.6 Å². The number of Topliss-reactive ketones (excluding diaryl/α,β-unsaturated/α-hetero) is 1. The van der Waals surface area contributed by atoms with E-state index >= 15 is 0 Å². The van der Waals surface area contributed by atoms with Gasteiger partial charge in [-0.05, 0) is 39.0 Å². The fourth-order valence-electron chi connectivity index (χ4n) is 3.02. The lowest BCUT2D eigenvalue weighted by Crippen LogP contribution is -2.15. The second kappa shape index (κ2) is 10.3. The molecule has 0 amide bonds. The van der Waals surface area contributed by atoms with Crippen LogP contribution in [0.25, 0.3) is 0 Å². The van der Waals surface area contributed by atoms with Crippen molar-refractivity contribution >= 4 is 23.4 Å². The van der Waals surface area contributed by atoms with Crippen LogP contribution in [-0.4, -0.2) is 50.4 Å². The number of rotatable bonds is 10. The van der Waals surface area contributed by atoms with Gasteiger partial charge in [0, 0.05) is 30.6 Å². The predicted molar refractivity (Wildman–Crippen MR) is 110 cm³/mol. The Morgan fingerprint density at radius 3 is 2.48 bits per heavy atom. The van der Waals surface area contributed by atoms with Crippen molar-refractivity contribution in [2.75, 3.05) is 34.0 Å². The lowest BCUT2D eigenvalue weighted by molar-refractivity contribution is 0.0474. The van der Waals surface area contributed by atoms with Crippen molar-refractivity contribution in [2.24, 2.45) is 0 Å². The lowest BCUT2D eigenvalue weighted by Gasteiger charge is -2.13. The van der Waals surface area contributed by atoms with Gasteiger partial charge in [0.15, 0.2) is 18.1 Å². The third-order valence-electron chi connectivity index (χ3n) is 4.48. The summed E-state index contributed by atoms with van der Waals surface area (Å²) < 4.78 is 23.0. The summed E-state index contributed by atoms with van der Waals surface area (Å²) in [5.74, 6) is -0.277. The zero-order valence-corrected chi connectivity index (χ0v) is 18.1. The lowest BCUT2D eigenvalue weighted by atomic mass is 10.1. The van der Waals surface area contributed by atoms with Gasteiger partial charge in [0.05, 0.1) is 30.9 Å². The number of benzene rings is 1. The number of halogens is 1. The molecule has 2 aromatic rings. The molecule has 0 aliphatic rings. The summed E-state index contributed by atoms with van der Waals surface area (Å²) in [5.41, 5.74) is 2.45. The number of ether oxygens (including phenoxy) is 4. The maximum Gasteiger partial charge on any atom is 0.338 e. The number of methoxy groups -OCH3 is 2. The number of carbonyl (C=O) groups excluding carboxylic acids is 2. The molecule has 0 aliphatic carbocycles. The molecule has 0 atom stereocenters. The van der Waals surface area contributed by atoms with Crippen LogP contribution in [0.2, 0.25) is 5.02 Å². The third kappa shape index (κ3) is 5.31. The molecule has 1 aromatic heterocycles. The highest BCUT2D eigenvalue weighted by molar-refractivity contribution is 6.32. The quantitative estimate of drug-likeness (QED) is 0.426. The van der Waals surface area contributed by atoms with E-state index in [0.29, 0.717) is 36.8 Å². The molecule has 158 valence electrons. The zero-order chi connectivity index (χ0) is 21.6. The van der Waals surface area contributed by atoms with E-state index in [2.05, 4.69) is 0 Å². The minimum atomic E-state index is -0.671. The Labute approximate surface area is 175 Å². The number of nitrogens with zero attached hydrogens (tertiary/aromatic N) is 1. The summed E-state index contributed by atoms with van der Waals surface area (Å²) in [4.78, 5) is 25.0. The van der Waals surface area contributed by atoms with Crippen molar-refractivity contribution in [3.63, 3.8) is 0 Å². The van der Waals surface area contributed by atoms with Crippen LogP contribution in [0, 0.1) is 13.8 Å². The fourth-order valence-corrected chi connectivity index (χ4v) is 3.29. The van der Waals surface area contributed by atoms with E-state index < -0.39 is 5.97 Å². The fraction of sp³-hybridized carbons (Fsp3) is 0.429. The summed E-state index contributed by atoms with van der Waals surface area (Å²) in [6.07, 6.45) is 0. The molecular weight excluding hydrogens is 398 g/mol. The van der Waals surface area contributed by atoms with Crippen LogP contribution in [-0.2, 0) is 16.0 Å². The molecule has 2 rings (SSSR count). The first-order valence-corrected chi connectivity index (χ1v) is 9.58. The summed E-state index contributed by atoms with van der Waals surface area (Å²) in [6, 6.07) is 4.69. The predicted octanol–water partition coefficient (Wildman–Crippen LogP) is 3.85. The molecule has 0 fully saturated rings. The van der Waals surface area contributed by atoms with Crippen molar-refractivity contribution in [1.29, 1.82) is 0 Å². The summed E-state index contributed by atoms with van der Waals surface area (Å²) >= 11 is 6.18. The molecule has 0 radical (unpaired) electrons. The van der Waals surface area contributed by atoms with Crippen LogP contribution < -0.4 is 9.47 Å². The Morgan fingerprint density at radius 2 is 1.86 bits per heavy atom. The highest BCUT2D eigenvalue weighted by Crippen LogP contribution is 2.36. The molecule has 0 aliphatic heterocycles. The van der Waals surface area contributed by atoms with E-state index in [-0.39, 0.29) is 23.0 Å². The van der Waals surface area contributed by atoms with Gasteiger partial charge >= 0.3 is 5.97 Å². The van der Waals surface area contributed by atoms with Gasteiger partial charge in [0.1, 0.15) is 0 Å². The Hall–Kier alpha value is -2.51. The first-order chi connectivity index (χ1) is 13.8. The van der Waals surface area contributed by atoms with Gasteiger partial charge in [-0.3, -0.25) is 4.79 Å². The van der Waals surface area contributed by atoms with Crippen LogP contribution in [0.5, 0.6) is 11.5 Å². The van der Waals surface area contributed by atoms with Crippen molar-refractivity contribution in [3.05, 3.63) is 45.7 Å². The van der Waals surface area contributed by atoms with Crippen molar-refractivity contribution in [3.8, 4) is 11.5 Å². The summed E-state index contributed by atoms with van der Waals surface area (Å²) in [6.45, 7) is 6.80. The number of carbonyl (C=O) groups is 2. The monoisotopic (exact) mass is 423 g/mol. The standard InChI is InChI=1S/C21H26ClNO6/c1-6-28-20-17(22)10-15(11-19(20)27-5)21(25)29-12-18(24)16-9-13(2)23(14(16)3)7-8-26-4/h9-11H,6-8,12H2,1-5H3. The van der Waals surface area contributed by atoms with Crippen LogP contribution in [0.3, 0.4) is 0 Å². The van der Waals surface area contributed by atoms with Crippen molar-refractivity contribution in [2.45, 2.75) is 27.3 Å². The van der Waals surface area contributed by atoms with E-state index in [4.69, 9.17) is 30.5 Å². The van der Waals surface area contributed by atoms with Crippen LogP contribution in [0.15, 0.2) is 18.2 Å². The summed E-state index contributed by atoms with van der Waals surface area (Å²) in [7, 11) is 3.08. The van der Waals surface area contributed by atoms with Gasteiger partial charge in [0.25, 0.3) is 0 Å². The number of hydrogen-bond donors (Lipinski definition) is 0. The van der Waals surface area contributed by atoms with Gasteiger partial charge < -0.3 is 23.5 Å². The molecule has 1 aromatic carbocycles. The Kier molecular flexibility index (Phi) is 8.10. The molecule has 0 bridgehead atoms. The zero-order valence-electron chi connectivity index (χ0n) is 17.3. The molecule has 7 nitrogen and oxygen atoms in total. The minimum absolute atomic E-state index is 0.175. The normalized spacial score (nSPS) is 10.7. The SMILES string of the molecule is CCOc1c(Cl)cc(C(=O)OCC(=O)c2cc(C)n(CCOC)c2C)cc1OC. The smallest absolute Gasteiger partial charge is 0.338 e. The number of esters is 1. The molecule has 0 N–H and O–H groups in total. The highest BCUT2D eigenvalue weighted by atomic mass is 35.5. The van der Waals surface area contributed by atoms with Crippen molar-refractivity contribution in [1.82, 2.24) is 4.57 Å². The topological polar surface area (TPSA) is 76.0 Å². The highest BCUT2D eigenvalue weighted by Gasteiger charge is 2.20. The molecular formula is C21H26ClNO6. The molecule has 1 heterocycles. The van der Waals surface area contributed by atoms with E-state index in [1.54, 1.807) is 13.2 Å². The first-order valence-electron chi connectivity index (χ1n) is 9.20. The number of ketones is 1. The van der Waals surface area contributed by atoms with E-state index in [0.717, 1.165) is 11.4 Å². The van der Waals surface area contributed by atoms with Gasteiger partial charge in [0.2, 0.25) is 5.78 Å². The molecule has 8 heteroatoms. The molecule has 0 saturated carbocycles. The van der Waals surface area contributed by atoms with Gasteiger partial charge in [-0.25, -0.2) is 4.79 Å². The Balaban J connectivity index is 2.11. The van der Waals surface area contributed by atoms with E-state index in [1.165, 1.54) is 19.2 Å². The average molecular weight is 424 g/mol. The average Bonchev–Trinajstić information content (AvgIpc) is 2.99. The minimum Gasteiger partial charge on any atom is -0.493 e. The van der Waals surface area contributed by atoms with Crippen LogP contribution >= 0.6 is 11.6 Å². The molecule has 0 saturated heterocycles. The third-order valence-corrected chi connectivity index (χ3v) is 4.76. The first kappa shape index (κ1) is 22.8. The Bertz CT molecular complexity index is 890. The molecule has 29 heavy (non-hydrogen) atoms. The van der Waals surface area contributed by atoms with Crippen LogP contribution in [0.1, 0.15) is 39.0 Å². The maximum absolute atomic E-state index is 12.6. The van der Waals surface area contributed by atoms with Gasteiger partial charge in [-0.2, -0.15) is 0 Å². The Morgan fingerprint density at radius 1 is 1.14 bits per heavy atom. The van der Waals surface area contributed by atoms with E-state index in [1.807, 2.05) is 25.3 Å². The molecule has 0 unspecified atom stereocenters. The van der Waals surface area contributed by atoms with Crippen molar-refractivity contribution < 1.29 is 28.5 Å². The van der Waals surface area contributed by atoms with Crippen LogP contribution in [0.4, 0.5) is 0 Å². The number of aromatic nitrogens is 1. The molecule has 0 spiro atoms. The maximum atomic E-state index is 12.6. The second-order valence-corrected chi connectivity index (χ2v) is 6.76. The number of hydrogen-bond acceptors (Lipinski definition) is 6. The van der Waals surface area contributed by atoms with E-state index in [9.17, 15) is 9.59 Å². The second-order valence-electron chi connectivity index (χ2n) is 6.35. The number of aryl methyl sites for hydroxylation is 1.